The quantitative estimate of drug-likeness (QED) is 0.637. The SMILES string of the molecule is COC(=O)C=C[C@@H](CF)NC(=O)c1ccccc1. The Morgan fingerprint density at radius 3 is 2.61 bits per heavy atom. The molecule has 0 aliphatic rings. The molecular weight excluding hydrogens is 237 g/mol. The zero-order valence-corrected chi connectivity index (χ0v) is 9.93. The van der Waals surface area contributed by atoms with Crippen LogP contribution in [0.4, 0.5) is 4.39 Å². The molecule has 96 valence electrons. The minimum Gasteiger partial charge on any atom is -0.466 e. The summed E-state index contributed by atoms with van der Waals surface area (Å²) in [5.41, 5.74) is 0.433. The van der Waals surface area contributed by atoms with Crippen LogP contribution in [-0.4, -0.2) is 31.7 Å². The number of benzene rings is 1. The first kappa shape index (κ1) is 13.9. The van der Waals surface area contributed by atoms with Gasteiger partial charge in [-0.1, -0.05) is 24.3 Å². The smallest absolute Gasteiger partial charge is 0.330 e. The van der Waals surface area contributed by atoms with Crippen LogP contribution in [0.3, 0.4) is 0 Å². The van der Waals surface area contributed by atoms with Gasteiger partial charge in [0, 0.05) is 11.6 Å². The molecule has 18 heavy (non-hydrogen) atoms. The summed E-state index contributed by atoms with van der Waals surface area (Å²) >= 11 is 0. The number of nitrogens with one attached hydrogen (secondary N) is 1. The highest BCUT2D eigenvalue weighted by Crippen LogP contribution is 2.00. The van der Waals surface area contributed by atoms with Gasteiger partial charge in [0.05, 0.1) is 13.2 Å². The lowest BCUT2D eigenvalue weighted by Crippen LogP contribution is -2.35. The van der Waals surface area contributed by atoms with Crippen LogP contribution in [0.5, 0.6) is 0 Å². The Labute approximate surface area is 104 Å². The Morgan fingerprint density at radius 1 is 1.39 bits per heavy atom. The van der Waals surface area contributed by atoms with E-state index in [1.54, 1.807) is 30.3 Å². The summed E-state index contributed by atoms with van der Waals surface area (Å²) in [6.07, 6.45) is 2.34. The van der Waals surface area contributed by atoms with Gasteiger partial charge in [0.2, 0.25) is 0 Å². The van der Waals surface area contributed by atoms with E-state index in [4.69, 9.17) is 0 Å². The van der Waals surface area contributed by atoms with Crippen LogP contribution in [0.25, 0.3) is 0 Å². The topological polar surface area (TPSA) is 55.4 Å². The largest absolute Gasteiger partial charge is 0.466 e. The molecule has 1 atom stereocenters. The van der Waals surface area contributed by atoms with E-state index in [0.717, 1.165) is 6.08 Å². The summed E-state index contributed by atoms with van der Waals surface area (Å²) in [5, 5.41) is 2.45. The average molecular weight is 251 g/mol. The Morgan fingerprint density at radius 2 is 2.06 bits per heavy atom. The summed E-state index contributed by atoms with van der Waals surface area (Å²) in [7, 11) is 1.22. The van der Waals surface area contributed by atoms with Crippen molar-refractivity contribution >= 4 is 11.9 Å². The summed E-state index contributed by atoms with van der Waals surface area (Å²) in [6.45, 7) is -0.800. The van der Waals surface area contributed by atoms with E-state index in [1.807, 2.05) is 0 Å². The van der Waals surface area contributed by atoms with Crippen molar-refractivity contribution in [2.24, 2.45) is 0 Å². The molecule has 0 heterocycles. The van der Waals surface area contributed by atoms with Gasteiger partial charge < -0.3 is 10.1 Å². The molecule has 1 aromatic rings. The van der Waals surface area contributed by atoms with Gasteiger partial charge >= 0.3 is 5.97 Å². The third-order valence-electron chi connectivity index (χ3n) is 2.18. The zero-order valence-electron chi connectivity index (χ0n) is 9.93. The van der Waals surface area contributed by atoms with Crippen LogP contribution in [0.15, 0.2) is 42.5 Å². The van der Waals surface area contributed by atoms with Crippen LogP contribution in [-0.2, 0) is 9.53 Å². The molecular formula is C13H14FNO3. The molecule has 0 aliphatic heterocycles. The van der Waals surface area contributed by atoms with Crippen LogP contribution in [0, 0.1) is 0 Å². The fraction of sp³-hybridized carbons (Fsp3) is 0.231. The van der Waals surface area contributed by atoms with E-state index in [0.29, 0.717) is 5.56 Å². The Bertz CT molecular complexity index is 431. The first-order chi connectivity index (χ1) is 8.67. The maximum absolute atomic E-state index is 12.7. The second-order valence-electron chi connectivity index (χ2n) is 3.48. The van der Waals surface area contributed by atoms with Crippen molar-refractivity contribution < 1.29 is 18.7 Å². The summed E-state index contributed by atoms with van der Waals surface area (Å²) < 4.78 is 17.0. The fourth-order valence-corrected chi connectivity index (χ4v) is 1.24. The predicted molar refractivity (Wildman–Crippen MR) is 64.8 cm³/mol. The maximum Gasteiger partial charge on any atom is 0.330 e. The Balaban J connectivity index is 2.61. The minimum atomic E-state index is -0.850. The Kier molecular flexibility index (Phi) is 5.57. The normalized spacial score (nSPS) is 12.1. The first-order valence-electron chi connectivity index (χ1n) is 5.35. The highest BCUT2D eigenvalue weighted by Gasteiger charge is 2.11. The van der Waals surface area contributed by atoms with Gasteiger partial charge in [0.25, 0.3) is 5.91 Å². The molecule has 0 unspecified atom stereocenters. The van der Waals surface area contributed by atoms with E-state index in [2.05, 4.69) is 10.1 Å². The summed E-state index contributed by atoms with van der Waals surface area (Å²) in [4.78, 5) is 22.5. The van der Waals surface area contributed by atoms with Crippen LogP contribution < -0.4 is 5.32 Å². The molecule has 0 saturated heterocycles. The van der Waals surface area contributed by atoms with Crippen LogP contribution in [0.2, 0.25) is 0 Å². The number of hydrogen-bond donors (Lipinski definition) is 1. The highest BCUT2D eigenvalue weighted by molar-refractivity contribution is 5.94. The zero-order chi connectivity index (χ0) is 13.4. The molecule has 5 heteroatoms. The molecule has 4 nitrogen and oxygen atoms in total. The van der Waals surface area contributed by atoms with Gasteiger partial charge in [-0.2, -0.15) is 0 Å². The number of carbonyl (C=O) groups is 2. The lowest BCUT2D eigenvalue weighted by molar-refractivity contribution is -0.134. The van der Waals surface area contributed by atoms with Gasteiger partial charge in [-0.3, -0.25) is 4.79 Å². The van der Waals surface area contributed by atoms with Crippen molar-refractivity contribution in [1.82, 2.24) is 5.32 Å². The second kappa shape index (κ2) is 7.21. The van der Waals surface area contributed by atoms with E-state index in [-0.39, 0.29) is 0 Å². The molecule has 1 aromatic carbocycles. The van der Waals surface area contributed by atoms with E-state index in [1.165, 1.54) is 13.2 Å². The maximum atomic E-state index is 12.7. The summed E-state index contributed by atoms with van der Waals surface area (Å²) in [6, 6.07) is 7.59. The molecule has 0 spiro atoms. The molecule has 0 aromatic heterocycles. The predicted octanol–water partition coefficient (Wildman–Crippen LogP) is 1.48. The number of methoxy groups -OCH3 is 1. The molecule has 0 bridgehead atoms. The van der Waals surface area contributed by atoms with Crippen molar-refractivity contribution in [3.8, 4) is 0 Å². The van der Waals surface area contributed by atoms with Crippen molar-refractivity contribution in [3.63, 3.8) is 0 Å². The molecule has 0 fully saturated rings. The summed E-state index contributed by atoms with van der Waals surface area (Å²) in [5.74, 6) is -0.991. The highest BCUT2D eigenvalue weighted by atomic mass is 19.1. The number of ether oxygens (including phenoxy) is 1. The van der Waals surface area contributed by atoms with Crippen molar-refractivity contribution in [1.29, 1.82) is 0 Å². The van der Waals surface area contributed by atoms with E-state index < -0.39 is 24.6 Å². The number of alkyl halides is 1. The van der Waals surface area contributed by atoms with Gasteiger partial charge in [-0.25, -0.2) is 9.18 Å². The minimum absolute atomic E-state index is 0.396. The van der Waals surface area contributed by atoms with Crippen molar-refractivity contribution in [2.45, 2.75) is 6.04 Å². The third kappa shape index (κ3) is 4.37. The van der Waals surface area contributed by atoms with Gasteiger partial charge in [-0.15, -0.1) is 0 Å². The third-order valence-corrected chi connectivity index (χ3v) is 2.18. The number of carbonyl (C=O) groups excluding carboxylic acids is 2. The van der Waals surface area contributed by atoms with Crippen LogP contribution in [0.1, 0.15) is 10.4 Å². The number of hydrogen-bond acceptors (Lipinski definition) is 3. The molecule has 0 aliphatic carbocycles. The number of halogens is 1. The average Bonchev–Trinajstić information content (AvgIpc) is 2.43. The Hall–Kier alpha value is -2.17. The second-order valence-corrected chi connectivity index (χ2v) is 3.48. The molecule has 1 amide bonds. The fourth-order valence-electron chi connectivity index (χ4n) is 1.24. The first-order valence-corrected chi connectivity index (χ1v) is 5.35. The van der Waals surface area contributed by atoms with Crippen molar-refractivity contribution in [3.05, 3.63) is 48.0 Å². The van der Waals surface area contributed by atoms with Gasteiger partial charge in [0.15, 0.2) is 0 Å². The van der Waals surface area contributed by atoms with Crippen LogP contribution >= 0.6 is 0 Å². The standard InChI is InChI=1S/C13H14FNO3/c1-18-12(16)8-7-11(9-14)15-13(17)10-5-3-2-4-6-10/h2-8,11H,9H2,1H3,(H,15,17)/t11-/m0/s1. The van der Waals surface area contributed by atoms with Crippen molar-refractivity contribution in [2.75, 3.05) is 13.8 Å². The van der Waals surface area contributed by atoms with Gasteiger partial charge in [0.1, 0.15) is 6.67 Å². The van der Waals surface area contributed by atoms with E-state index in [9.17, 15) is 14.0 Å². The van der Waals surface area contributed by atoms with E-state index >= 15 is 0 Å². The lowest BCUT2D eigenvalue weighted by atomic mass is 10.2. The molecule has 1 rings (SSSR count). The number of amides is 1. The molecule has 1 N–H and O–H groups in total. The number of rotatable bonds is 5. The monoisotopic (exact) mass is 251 g/mol. The lowest BCUT2D eigenvalue weighted by Gasteiger charge is -2.11. The molecule has 0 saturated carbocycles. The molecule has 0 radical (unpaired) electrons. The number of esters is 1. The van der Waals surface area contributed by atoms with Gasteiger partial charge in [-0.05, 0) is 12.1 Å².